The number of hydrogen-bond acceptors (Lipinski definition) is 3. The maximum absolute atomic E-state index is 10.4. The van der Waals surface area contributed by atoms with Crippen LogP contribution in [0.15, 0.2) is 60.0 Å². The Balaban J connectivity index is 1.31. The minimum absolute atomic E-state index is 0.138. The van der Waals surface area contributed by atoms with Crippen molar-refractivity contribution in [3.8, 4) is 0 Å². The first-order valence-electron chi connectivity index (χ1n) is 12.2. The monoisotopic (exact) mass is 413 g/mol. The Morgan fingerprint density at radius 1 is 1.10 bits per heavy atom. The average molecular weight is 414 g/mol. The van der Waals surface area contributed by atoms with E-state index in [0.717, 1.165) is 38.5 Å². The number of hydrogen-bond donors (Lipinski definition) is 1. The molecule has 3 nitrogen and oxygen atoms in total. The summed E-state index contributed by atoms with van der Waals surface area (Å²) in [5.74, 6) is 1.10. The Labute approximate surface area is 184 Å². The first kappa shape index (κ1) is 18.6. The van der Waals surface area contributed by atoms with Gasteiger partial charge in [-0.2, -0.15) is 0 Å². The summed E-state index contributed by atoms with van der Waals surface area (Å²) in [6.07, 6.45) is 17.1. The first-order chi connectivity index (χ1) is 15.0. The number of fused-ring (bicyclic) bond motifs is 2. The number of aromatic nitrogens is 1. The highest BCUT2D eigenvalue weighted by atomic mass is 16.5. The van der Waals surface area contributed by atoms with Gasteiger partial charge in [0.2, 0.25) is 0 Å². The van der Waals surface area contributed by atoms with Gasteiger partial charge in [0.1, 0.15) is 0 Å². The Bertz CT molecular complexity index is 1150. The van der Waals surface area contributed by atoms with Crippen LogP contribution in [0.5, 0.6) is 0 Å². The second kappa shape index (κ2) is 6.08. The van der Waals surface area contributed by atoms with E-state index in [1.807, 2.05) is 12.4 Å². The molecule has 2 aromatic rings. The zero-order chi connectivity index (χ0) is 20.8. The molecule has 31 heavy (non-hydrogen) atoms. The van der Waals surface area contributed by atoms with Gasteiger partial charge in [-0.1, -0.05) is 31.2 Å². The number of rotatable bonds is 1. The van der Waals surface area contributed by atoms with Crippen molar-refractivity contribution in [1.29, 1.82) is 0 Å². The summed E-state index contributed by atoms with van der Waals surface area (Å²) >= 11 is 0. The number of allylic oxidation sites excluding steroid dienone is 1. The van der Waals surface area contributed by atoms with E-state index in [0.29, 0.717) is 11.8 Å². The second-order valence-corrected chi connectivity index (χ2v) is 11.1. The van der Waals surface area contributed by atoms with Crippen molar-refractivity contribution in [2.75, 3.05) is 0 Å². The van der Waals surface area contributed by atoms with Gasteiger partial charge in [0.25, 0.3) is 0 Å². The number of benzene rings is 1. The van der Waals surface area contributed by atoms with Crippen molar-refractivity contribution in [1.82, 2.24) is 4.98 Å². The predicted molar refractivity (Wildman–Crippen MR) is 122 cm³/mol. The third kappa shape index (κ3) is 2.34. The van der Waals surface area contributed by atoms with Gasteiger partial charge in [-0.25, -0.2) is 0 Å². The van der Waals surface area contributed by atoms with Crippen LogP contribution in [-0.2, 0) is 4.74 Å². The molecule has 1 aromatic heterocycles. The number of aliphatic hydroxyl groups is 1. The molecular weight excluding hydrogens is 382 g/mol. The van der Waals surface area contributed by atoms with Crippen LogP contribution >= 0.6 is 0 Å². The van der Waals surface area contributed by atoms with Gasteiger partial charge in [0, 0.05) is 24.2 Å². The van der Waals surface area contributed by atoms with Crippen molar-refractivity contribution >= 4 is 10.8 Å². The molecule has 3 fully saturated rings. The van der Waals surface area contributed by atoms with Crippen molar-refractivity contribution in [2.45, 2.75) is 81.5 Å². The quantitative estimate of drug-likeness (QED) is 0.639. The van der Waals surface area contributed by atoms with Crippen molar-refractivity contribution in [3.05, 3.63) is 65.5 Å². The van der Waals surface area contributed by atoms with Gasteiger partial charge in [-0.3, -0.25) is 4.98 Å². The summed E-state index contributed by atoms with van der Waals surface area (Å²) in [6, 6.07) is 9.10. The molecule has 160 valence electrons. The molecule has 6 atom stereocenters. The molecule has 1 N–H and O–H groups in total. The van der Waals surface area contributed by atoms with Gasteiger partial charge in [0.05, 0.1) is 17.3 Å². The molecule has 2 aliphatic heterocycles. The predicted octanol–water partition coefficient (Wildman–Crippen LogP) is 5.84. The van der Waals surface area contributed by atoms with E-state index in [-0.39, 0.29) is 22.7 Å². The van der Waals surface area contributed by atoms with E-state index in [4.69, 9.17) is 4.74 Å². The third-order valence-corrected chi connectivity index (χ3v) is 9.72. The number of pyridine rings is 1. The van der Waals surface area contributed by atoms with Gasteiger partial charge < -0.3 is 9.84 Å². The Hall–Kier alpha value is -1.97. The van der Waals surface area contributed by atoms with Crippen LogP contribution in [0.3, 0.4) is 0 Å². The lowest BCUT2D eigenvalue weighted by Crippen LogP contribution is -2.54. The van der Waals surface area contributed by atoms with Crippen molar-refractivity contribution in [2.24, 2.45) is 11.3 Å². The molecule has 2 saturated carbocycles. The third-order valence-electron chi connectivity index (χ3n) is 9.72. The molecule has 0 radical (unpaired) electrons. The Kier molecular flexibility index (Phi) is 3.65. The Morgan fingerprint density at radius 3 is 2.97 bits per heavy atom. The lowest BCUT2D eigenvalue weighted by molar-refractivity contribution is -0.144. The van der Waals surface area contributed by atoms with Crippen LogP contribution in [0.25, 0.3) is 10.8 Å². The molecule has 7 rings (SSSR count). The maximum atomic E-state index is 10.4. The minimum atomic E-state index is -0.213. The molecule has 2 spiro atoms. The molecule has 3 heterocycles. The van der Waals surface area contributed by atoms with E-state index in [9.17, 15) is 5.11 Å². The molecule has 0 unspecified atom stereocenters. The number of nitrogens with zero attached hydrogens (tertiary/aromatic N) is 1. The zero-order valence-electron chi connectivity index (χ0n) is 18.3. The highest BCUT2D eigenvalue weighted by Crippen LogP contribution is 2.69. The maximum Gasteiger partial charge on any atom is 0.0974 e. The van der Waals surface area contributed by atoms with Crippen LogP contribution in [0, 0.1) is 11.3 Å². The topological polar surface area (TPSA) is 42.4 Å². The van der Waals surface area contributed by atoms with Crippen molar-refractivity contribution in [3.63, 3.8) is 0 Å². The number of aliphatic hydroxyl groups excluding tert-OH is 1. The molecule has 3 heteroatoms. The lowest BCUT2D eigenvalue weighted by Gasteiger charge is -2.54. The van der Waals surface area contributed by atoms with Gasteiger partial charge in [-0.05, 0) is 96.4 Å². The molecule has 2 bridgehead atoms. The molecule has 1 saturated heterocycles. The smallest absolute Gasteiger partial charge is 0.0974 e. The van der Waals surface area contributed by atoms with Gasteiger partial charge >= 0.3 is 0 Å². The fraction of sp³-hybridized carbons (Fsp3) is 0.536. The summed E-state index contributed by atoms with van der Waals surface area (Å²) in [6.45, 7) is 2.52. The molecule has 0 amide bonds. The van der Waals surface area contributed by atoms with Gasteiger partial charge in [0.15, 0.2) is 0 Å². The zero-order valence-corrected chi connectivity index (χ0v) is 18.3. The first-order valence-corrected chi connectivity index (χ1v) is 12.2. The van der Waals surface area contributed by atoms with E-state index in [1.54, 1.807) is 0 Å². The van der Waals surface area contributed by atoms with Crippen LogP contribution in [-0.4, -0.2) is 27.4 Å². The van der Waals surface area contributed by atoms with Crippen LogP contribution in [0.4, 0.5) is 0 Å². The fourth-order valence-electron chi connectivity index (χ4n) is 8.25. The molecule has 5 aliphatic rings. The molecule has 1 aromatic carbocycles. The largest absolute Gasteiger partial charge is 0.393 e. The summed E-state index contributed by atoms with van der Waals surface area (Å²) in [5.41, 5.74) is 4.26. The second-order valence-electron chi connectivity index (χ2n) is 11.1. The van der Waals surface area contributed by atoms with E-state index in [2.05, 4.69) is 48.3 Å². The molecule has 3 aliphatic carbocycles. The highest BCUT2D eigenvalue weighted by Gasteiger charge is 2.66. The fourth-order valence-corrected chi connectivity index (χ4v) is 8.25. The summed E-state index contributed by atoms with van der Waals surface area (Å²) in [5, 5.41) is 13.0. The average Bonchev–Trinajstić information content (AvgIpc) is 3.28. The SMILES string of the molecule is C[C@]12CC=C3C=C4CC[C@H](O)C[C@]45CC[C@]3(O5)[C@@H]1CC[C@@H]2c1ccc2ccncc2c1. The number of ether oxygens (including phenoxy) is 1. The molecular formula is C28H31NO2. The highest BCUT2D eigenvalue weighted by molar-refractivity contribution is 5.82. The summed E-state index contributed by atoms with van der Waals surface area (Å²) in [7, 11) is 0. The van der Waals surface area contributed by atoms with Crippen molar-refractivity contribution < 1.29 is 9.84 Å². The van der Waals surface area contributed by atoms with Crippen LogP contribution in [0.2, 0.25) is 0 Å². The normalized spacial score (nSPS) is 43.1. The lowest BCUT2D eigenvalue weighted by atomic mass is 9.58. The Morgan fingerprint density at radius 2 is 2.03 bits per heavy atom. The summed E-state index contributed by atoms with van der Waals surface area (Å²) < 4.78 is 7.18. The van der Waals surface area contributed by atoms with E-state index >= 15 is 0 Å². The van der Waals surface area contributed by atoms with Crippen LogP contribution < -0.4 is 0 Å². The minimum Gasteiger partial charge on any atom is -0.393 e. The van der Waals surface area contributed by atoms with E-state index < -0.39 is 0 Å². The van der Waals surface area contributed by atoms with Gasteiger partial charge in [-0.15, -0.1) is 0 Å². The van der Waals surface area contributed by atoms with E-state index in [1.165, 1.54) is 40.3 Å². The summed E-state index contributed by atoms with van der Waals surface area (Å²) in [4.78, 5) is 4.35. The standard InChI is InChI=1S/C28H31NO2/c1-26-10-8-22-15-21-4-5-23(30)16-27(21)11-12-28(22,31-27)25(26)7-6-24(26)19-3-2-18-9-13-29-17-20(18)14-19/h2-3,8-9,13-15,17,23-25,30H,4-7,10-12,16H2,1H3/t23-,24+,25+,26+,27+,28+/m0/s1. The van der Waals surface area contributed by atoms with Crippen LogP contribution in [0.1, 0.15) is 69.8 Å².